The molecule has 0 fully saturated rings. The molecule has 0 spiro atoms. The van der Waals surface area contributed by atoms with Crippen molar-refractivity contribution in [2.24, 2.45) is 0 Å². The highest BCUT2D eigenvalue weighted by molar-refractivity contribution is 7.99. The van der Waals surface area contributed by atoms with Crippen LogP contribution in [0.3, 0.4) is 0 Å². The van der Waals surface area contributed by atoms with E-state index in [-0.39, 0.29) is 5.56 Å². The molecule has 0 unspecified atom stereocenters. The van der Waals surface area contributed by atoms with Crippen LogP contribution in [0.2, 0.25) is 0 Å². The summed E-state index contributed by atoms with van der Waals surface area (Å²) in [5.41, 5.74) is 3.41. The van der Waals surface area contributed by atoms with Crippen molar-refractivity contribution in [3.05, 3.63) is 52.8 Å². The normalized spacial score (nSPS) is 10.5. The average Bonchev–Trinajstić information content (AvgIpc) is 2.32. The molecule has 0 aliphatic rings. The van der Waals surface area contributed by atoms with E-state index >= 15 is 0 Å². The zero-order chi connectivity index (χ0) is 14.0. The van der Waals surface area contributed by atoms with Gasteiger partial charge in [0.25, 0.3) is 0 Å². The van der Waals surface area contributed by atoms with Gasteiger partial charge in [-0.2, -0.15) is 0 Å². The monoisotopic (exact) mass is 273 g/mol. The number of rotatable bonds is 3. The summed E-state index contributed by atoms with van der Waals surface area (Å²) in [7, 11) is 0. The zero-order valence-corrected chi connectivity index (χ0v) is 11.9. The summed E-state index contributed by atoms with van der Waals surface area (Å²) in [6.45, 7) is 5.93. The molecule has 1 aromatic carbocycles. The van der Waals surface area contributed by atoms with E-state index in [1.54, 1.807) is 0 Å². The van der Waals surface area contributed by atoms with Gasteiger partial charge in [0.15, 0.2) is 0 Å². The standard InChI is InChI=1S/C15H15NO2S/c1-9-4-5-13(10(2)6-9)19-14-7-11(3)16-8-12(14)15(17)18/h4-8H,1-3H3,(H,17,18). The number of hydrogen-bond acceptors (Lipinski definition) is 3. The molecular weight excluding hydrogens is 258 g/mol. The number of aromatic nitrogens is 1. The van der Waals surface area contributed by atoms with Gasteiger partial charge < -0.3 is 5.11 Å². The highest BCUT2D eigenvalue weighted by atomic mass is 32.2. The third-order valence-electron chi connectivity index (χ3n) is 2.78. The Morgan fingerprint density at radius 3 is 2.53 bits per heavy atom. The van der Waals surface area contributed by atoms with Crippen LogP contribution in [-0.2, 0) is 0 Å². The van der Waals surface area contributed by atoms with E-state index in [4.69, 9.17) is 0 Å². The topological polar surface area (TPSA) is 50.2 Å². The largest absolute Gasteiger partial charge is 0.478 e. The summed E-state index contributed by atoms with van der Waals surface area (Å²) in [4.78, 5) is 17.1. The van der Waals surface area contributed by atoms with Gasteiger partial charge in [-0.05, 0) is 38.5 Å². The molecule has 0 radical (unpaired) electrons. The second kappa shape index (κ2) is 5.45. The first-order valence-corrected chi connectivity index (χ1v) is 6.74. The molecule has 19 heavy (non-hydrogen) atoms. The Bertz CT molecular complexity index is 638. The number of pyridine rings is 1. The fourth-order valence-electron chi connectivity index (χ4n) is 1.81. The third kappa shape index (κ3) is 3.15. The summed E-state index contributed by atoms with van der Waals surface area (Å²) in [6, 6.07) is 7.96. The second-order valence-electron chi connectivity index (χ2n) is 4.50. The van der Waals surface area contributed by atoms with E-state index in [0.717, 1.165) is 21.0 Å². The van der Waals surface area contributed by atoms with Gasteiger partial charge in [-0.25, -0.2) is 4.79 Å². The van der Waals surface area contributed by atoms with Crippen LogP contribution in [0, 0.1) is 20.8 Å². The Kier molecular flexibility index (Phi) is 3.90. The van der Waals surface area contributed by atoms with Crippen LogP contribution in [0.1, 0.15) is 27.2 Å². The molecule has 98 valence electrons. The van der Waals surface area contributed by atoms with Crippen LogP contribution in [0.25, 0.3) is 0 Å². The molecule has 0 atom stereocenters. The Morgan fingerprint density at radius 1 is 1.16 bits per heavy atom. The molecule has 0 saturated heterocycles. The van der Waals surface area contributed by atoms with Crippen LogP contribution in [0.5, 0.6) is 0 Å². The van der Waals surface area contributed by atoms with Gasteiger partial charge in [0, 0.05) is 21.7 Å². The minimum absolute atomic E-state index is 0.246. The molecule has 0 aliphatic heterocycles. The van der Waals surface area contributed by atoms with Crippen LogP contribution < -0.4 is 0 Å². The maximum atomic E-state index is 11.2. The number of hydrogen-bond donors (Lipinski definition) is 1. The van der Waals surface area contributed by atoms with Crippen LogP contribution in [-0.4, -0.2) is 16.1 Å². The van der Waals surface area contributed by atoms with E-state index < -0.39 is 5.97 Å². The van der Waals surface area contributed by atoms with Crippen molar-refractivity contribution >= 4 is 17.7 Å². The first kappa shape index (κ1) is 13.6. The SMILES string of the molecule is Cc1ccc(Sc2cc(C)ncc2C(=O)O)c(C)c1. The Hall–Kier alpha value is -1.81. The van der Waals surface area contributed by atoms with Crippen molar-refractivity contribution in [2.45, 2.75) is 30.6 Å². The summed E-state index contributed by atoms with van der Waals surface area (Å²) >= 11 is 1.47. The first-order valence-electron chi connectivity index (χ1n) is 5.92. The van der Waals surface area contributed by atoms with Gasteiger partial charge in [-0.3, -0.25) is 4.98 Å². The fraction of sp³-hybridized carbons (Fsp3) is 0.200. The maximum Gasteiger partial charge on any atom is 0.338 e. The minimum atomic E-state index is -0.945. The molecule has 4 heteroatoms. The van der Waals surface area contributed by atoms with Gasteiger partial charge in [-0.1, -0.05) is 29.5 Å². The lowest BCUT2D eigenvalue weighted by Gasteiger charge is -2.09. The maximum absolute atomic E-state index is 11.2. The number of nitrogens with zero attached hydrogens (tertiary/aromatic N) is 1. The van der Waals surface area contributed by atoms with Gasteiger partial charge in [0.05, 0.1) is 5.56 Å². The lowest BCUT2D eigenvalue weighted by Crippen LogP contribution is -2.01. The molecule has 0 bridgehead atoms. The van der Waals surface area contributed by atoms with Crippen molar-refractivity contribution in [1.82, 2.24) is 4.98 Å². The number of aromatic carboxylic acids is 1. The van der Waals surface area contributed by atoms with E-state index in [1.807, 2.05) is 39.0 Å². The van der Waals surface area contributed by atoms with Crippen LogP contribution in [0.4, 0.5) is 0 Å². The lowest BCUT2D eigenvalue weighted by molar-refractivity contribution is 0.0692. The predicted molar refractivity (Wildman–Crippen MR) is 76.0 cm³/mol. The summed E-state index contributed by atoms with van der Waals surface area (Å²) < 4.78 is 0. The number of carbonyl (C=O) groups is 1. The quantitative estimate of drug-likeness (QED) is 0.922. The fourth-order valence-corrected chi connectivity index (χ4v) is 2.88. The number of aryl methyl sites for hydroxylation is 3. The van der Waals surface area contributed by atoms with Gasteiger partial charge >= 0.3 is 5.97 Å². The Morgan fingerprint density at radius 2 is 1.89 bits per heavy atom. The molecule has 0 aliphatic carbocycles. The number of benzene rings is 1. The Balaban J connectivity index is 2.42. The van der Waals surface area contributed by atoms with Gasteiger partial charge in [-0.15, -0.1) is 0 Å². The average molecular weight is 273 g/mol. The zero-order valence-electron chi connectivity index (χ0n) is 11.1. The molecule has 2 rings (SSSR count). The highest BCUT2D eigenvalue weighted by Gasteiger charge is 2.13. The number of carboxylic acids is 1. The van der Waals surface area contributed by atoms with Crippen molar-refractivity contribution in [2.75, 3.05) is 0 Å². The van der Waals surface area contributed by atoms with Crippen molar-refractivity contribution in [3.8, 4) is 0 Å². The molecular formula is C15H15NO2S. The van der Waals surface area contributed by atoms with Crippen molar-refractivity contribution in [3.63, 3.8) is 0 Å². The Labute approximate surface area is 116 Å². The van der Waals surface area contributed by atoms with Crippen LogP contribution >= 0.6 is 11.8 Å². The molecule has 1 N–H and O–H groups in total. The minimum Gasteiger partial charge on any atom is -0.478 e. The third-order valence-corrected chi connectivity index (χ3v) is 4.02. The van der Waals surface area contributed by atoms with E-state index in [9.17, 15) is 9.90 Å². The van der Waals surface area contributed by atoms with Crippen LogP contribution in [0.15, 0.2) is 40.3 Å². The summed E-state index contributed by atoms with van der Waals surface area (Å²) in [5.74, 6) is -0.945. The predicted octanol–water partition coefficient (Wildman–Crippen LogP) is 3.86. The van der Waals surface area contributed by atoms with E-state index in [1.165, 1.54) is 23.5 Å². The highest BCUT2D eigenvalue weighted by Crippen LogP contribution is 2.33. The molecule has 3 nitrogen and oxygen atoms in total. The van der Waals surface area contributed by atoms with Gasteiger partial charge in [0.2, 0.25) is 0 Å². The van der Waals surface area contributed by atoms with Gasteiger partial charge in [0.1, 0.15) is 0 Å². The molecule has 0 amide bonds. The lowest BCUT2D eigenvalue weighted by atomic mass is 10.2. The smallest absolute Gasteiger partial charge is 0.338 e. The summed E-state index contributed by atoms with van der Waals surface area (Å²) in [5, 5.41) is 9.19. The molecule has 2 aromatic rings. The van der Waals surface area contributed by atoms with E-state index in [2.05, 4.69) is 11.1 Å². The molecule has 1 aromatic heterocycles. The van der Waals surface area contributed by atoms with Crippen molar-refractivity contribution in [1.29, 1.82) is 0 Å². The first-order chi connectivity index (χ1) is 8.97. The number of carboxylic acid groups (broad SMARTS) is 1. The van der Waals surface area contributed by atoms with Crippen molar-refractivity contribution < 1.29 is 9.90 Å². The summed E-state index contributed by atoms with van der Waals surface area (Å²) in [6.07, 6.45) is 1.42. The molecule has 0 saturated carbocycles. The second-order valence-corrected chi connectivity index (χ2v) is 5.58. The van der Waals surface area contributed by atoms with E-state index in [0.29, 0.717) is 0 Å². The molecule has 1 heterocycles.